The Labute approximate surface area is 109 Å². The van der Waals surface area contributed by atoms with Gasteiger partial charge in [0.15, 0.2) is 0 Å². The van der Waals surface area contributed by atoms with E-state index in [-0.39, 0.29) is 5.91 Å². The third-order valence-electron chi connectivity index (χ3n) is 3.34. The monoisotopic (exact) mass is 257 g/mol. The van der Waals surface area contributed by atoms with Gasteiger partial charge in [0.1, 0.15) is 0 Å². The van der Waals surface area contributed by atoms with Crippen LogP contribution < -0.4 is 11.5 Å². The third-order valence-corrected chi connectivity index (χ3v) is 3.55. The minimum absolute atomic E-state index is 0.167. The average Bonchev–Trinajstić information content (AvgIpc) is 2.25. The standard InChI is InChI=1S/C12H23N3OS/c13-11(16)9-10-4-7-15(8-5-10)6-2-1-3-12(14)17/h10H,1-9H2,(H2,13,16)(H2,14,17). The summed E-state index contributed by atoms with van der Waals surface area (Å²) in [6, 6.07) is 0. The van der Waals surface area contributed by atoms with Gasteiger partial charge in [-0.15, -0.1) is 0 Å². The van der Waals surface area contributed by atoms with E-state index in [1.165, 1.54) is 0 Å². The lowest BCUT2D eigenvalue weighted by Gasteiger charge is -2.31. The summed E-state index contributed by atoms with van der Waals surface area (Å²) < 4.78 is 0. The molecule has 1 rings (SSSR count). The Hall–Kier alpha value is -0.680. The van der Waals surface area contributed by atoms with Crippen LogP contribution in [0.5, 0.6) is 0 Å². The van der Waals surface area contributed by atoms with Gasteiger partial charge in [0.25, 0.3) is 0 Å². The normalized spacial score (nSPS) is 18.1. The summed E-state index contributed by atoms with van der Waals surface area (Å²) in [5, 5.41) is 0. The first-order valence-electron chi connectivity index (χ1n) is 6.37. The van der Waals surface area contributed by atoms with E-state index >= 15 is 0 Å². The fourth-order valence-corrected chi connectivity index (χ4v) is 2.48. The minimum Gasteiger partial charge on any atom is -0.393 e. The van der Waals surface area contributed by atoms with Crippen LogP contribution in [0.15, 0.2) is 0 Å². The summed E-state index contributed by atoms with van der Waals surface area (Å²) in [7, 11) is 0. The van der Waals surface area contributed by atoms with Crippen LogP contribution in [-0.2, 0) is 4.79 Å². The molecule has 98 valence electrons. The van der Waals surface area contributed by atoms with Gasteiger partial charge in [-0.2, -0.15) is 0 Å². The summed E-state index contributed by atoms with van der Waals surface area (Å²) in [6.45, 7) is 3.29. The molecule has 0 bridgehead atoms. The Bertz CT molecular complexity index is 260. The Morgan fingerprint density at radius 2 is 1.88 bits per heavy atom. The second-order valence-corrected chi connectivity index (χ2v) is 5.40. The Balaban J connectivity index is 2.06. The molecule has 0 atom stereocenters. The Morgan fingerprint density at radius 3 is 2.41 bits per heavy atom. The number of thiocarbonyl (C=S) groups is 1. The topological polar surface area (TPSA) is 72.4 Å². The molecule has 1 saturated heterocycles. The molecule has 0 aromatic heterocycles. The lowest BCUT2D eigenvalue weighted by molar-refractivity contribution is -0.119. The first-order chi connectivity index (χ1) is 8.08. The molecule has 1 amide bonds. The molecule has 1 heterocycles. The zero-order valence-electron chi connectivity index (χ0n) is 10.4. The van der Waals surface area contributed by atoms with E-state index < -0.39 is 0 Å². The van der Waals surface area contributed by atoms with E-state index in [2.05, 4.69) is 4.90 Å². The Kier molecular flexibility index (Phi) is 6.44. The second-order valence-electron chi connectivity index (χ2n) is 4.88. The molecule has 0 unspecified atom stereocenters. The number of rotatable bonds is 7. The number of carbonyl (C=O) groups excluding carboxylic acids is 1. The highest BCUT2D eigenvalue weighted by atomic mass is 32.1. The van der Waals surface area contributed by atoms with Crippen molar-refractivity contribution in [3.63, 3.8) is 0 Å². The summed E-state index contributed by atoms with van der Waals surface area (Å²) in [5.41, 5.74) is 10.7. The number of carbonyl (C=O) groups is 1. The number of hydrogen-bond acceptors (Lipinski definition) is 3. The van der Waals surface area contributed by atoms with Crippen LogP contribution in [0.2, 0.25) is 0 Å². The molecule has 0 aromatic rings. The van der Waals surface area contributed by atoms with E-state index in [0.29, 0.717) is 17.3 Å². The first kappa shape index (κ1) is 14.4. The molecule has 4 nitrogen and oxygen atoms in total. The van der Waals surface area contributed by atoms with Gasteiger partial charge in [0, 0.05) is 6.42 Å². The van der Waals surface area contributed by atoms with Crippen molar-refractivity contribution in [3.05, 3.63) is 0 Å². The van der Waals surface area contributed by atoms with Crippen molar-refractivity contribution in [1.82, 2.24) is 4.90 Å². The van der Waals surface area contributed by atoms with E-state index in [9.17, 15) is 4.79 Å². The van der Waals surface area contributed by atoms with Crippen molar-refractivity contribution in [2.45, 2.75) is 38.5 Å². The molecule has 1 fully saturated rings. The molecule has 17 heavy (non-hydrogen) atoms. The van der Waals surface area contributed by atoms with Crippen LogP contribution in [0.3, 0.4) is 0 Å². The SMILES string of the molecule is NC(=O)CC1CCN(CCCCC(N)=S)CC1. The molecule has 0 aromatic carbocycles. The molecular weight excluding hydrogens is 234 g/mol. The Morgan fingerprint density at radius 1 is 1.24 bits per heavy atom. The van der Waals surface area contributed by atoms with Crippen LogP contribution in [0.4, 0.5) is 0 Å². The summed E-state index contributed by atoms with van der Waals surface area (Å²) in [6.07, 6.45) is 5.83. The number of likely N-dealkylation sites (tertiary alicyclic amines) is 1. The average molecular weight is 257 g/mol. The van der Waals surface area contributed by atoms with Crippen LogP contribution >= 0.6 is 12.2 Å². The van der Waals surface area contributed by atoms with Gasteiger partial charge in [-0.25, -0.2) is 0 Å². The highest BCUT2D eigenvalue weighted by molar-refractivity contribution is 7.80. The van der Waals surface area contributed by atoms with Crippen molar-refractivity contribution in [3.8, 4) is 0 Å². The summed E-state index contributed by atoms with van der Waals surface area (Å²) in [4.78, 5) is 13.9. The number of hydrogen-bond donors (Lipinski definition) is 2. The molecule has 5 heteroatoms. The number of nitrogens with zero attached hydrogens (tertiary/aromatic N) is 1. The molecule has 0 spiro atoms. The lowest BCUT2D eigenvalue weighted by Crippen LogP contribution is -2.35. The minimum atomic E-state index is -0.167. The van der Waals surface area contributed by atoms with Gasteiger partial charge in [0.2, 0.25) is 5.91 Å². The van der Waals surface area contributed by atoms with Crippen molar-refractivity contribution in [2.75, 3.05) is 19.6 Å². The molecule has 4 N–H and O–H groups in total. The maximum atomic E-state index is 10.8. The van der Waals surface area contributed by atoms with Crippen LogP contribution in [-0.4, -0.2) is 35.4 Å². The van der Waals surface area contributed by atoms with Crippen LogP contribution in [0.25, 0.3) is 0 Å². The van der Waals surface area contributed by atoms with Gasteiger partial charge >= 0.3 is 0 Å². The predicted octanol–water partition coefficient (Wildman–Crippen LogP) is 1.03. The quantitative estimate of drug-likeness (QED) is 0.528. The summed E-state index contributed by atoms with van der Waals surface area (Å²) in [5.74, 6) is 0.334. The number of piperidine rings is 1. The lowest BCUT2D eigenvalue weighted by atomic mass is 9.93. The fraction of sp³-hybridized carbons (Fsp3) is 0.833. The predicted molar refractivity (Wildman–Crippen MR) is 73.6 cm³/mol. The number of unbranched alkanes of at least 4 members (excludes halogenated alkanes) is 1. The van der Waals surface area contributed by atoms with Gasteiger partial charge in [-0.1, -0.05) is 12.2 Å². The van der Waals surface area contributed by atoms with Crippen molar-refractivity contribution in [1.29, 1.82) is 0 Å². The summed E-state index contributed by atoms with van der Waals surface area (Å²) >= 11 is 4.84. The van der Waals surface area contributed by atoms with E-state index in [1.54, 1.807) is 0 Å². The van der Waals surface area contributed by atoms with Gasteiger partial charge < -0.3 is 16.4 Å². The van der Waals surface area contributed by atoms with Crippen LogP contribution in [0.1, 0.15) is 38.5 Å². The molecule has 0 aliphatic carbocycles. The van der Waals surface area contributed by atoms with Gasteiger partial charge in [0.05, 0.1) is 4.99 Å². The van der Waals surface area contributed by atoms with E-state index in [0.717, 1.165) is 51.7 Å². The zero-order chi connectivity index (χ0) is 12.7. The first-order valence-corrected chi connectivity index (χ1v) is 6.77. The zero-order valence-corrected chi connectivity index (χ0v) is 11.2. The van der Waals surface area contributed by atoms with Crippen molar-refractivity contribution in [2.24, 2.45) is 17.4 Å². The molecule has 1 aliphatic rings. The molecule has 0 saturated carbocycles. The second kappa shape index (κ2) is 7.61. The van der Waals surface area contributed by atoms with E-state index in [4.69, 9.17) is 23.7 Å². The van der Waals surface area contributed by atoms with Gasteiger partial charge in [-0.3, -0.25) is 4.79 Å². The largest absolute Gasteiger partial charge is 0.393 e. The fourth-order valence-electron chi connectivity index (χ4n) is 2.33. The van der Waals surface area contributed by atoms with Crippen molar-refractivity contribution >= 4 is 23.1 Å². The van der Waals surface area contributed by atoms with Crippen molar-refractivity contribution < 1.29 is 4.79 Å². The maximum Gasteiger partial charge on any atom is 0.217 e. The number of amides is 1. The molecule has 1 aliphatic heterocycles. The smallest absolute Gasteiger partial charge is 0.217 e. The maximum absolute atomic E-state index is 10.8. The third kappa shape index (κ3) is 6.58. The molecule has 0 radical (unpaired) electrons. The number of primary amides is 1. The number of nitrogens with two attached hydrogens (primary N) is 2. The highest BCUT2D eigenvalue weighted by Crippen LogP contribution is 2.20. The van der Waals surface area contributed by atoms with Crippen LogP contribution in [0, 0.1) is 5.92 Å². The highest BCUT2D eigenvalue weighted by Gasteiger charge is 2.19. The van der Waals surface area contributed by atoms with Gasteiger partial charge in [-0.05, 0) is 57.7 Å². The van der Waals surface area contributed by atoms with E-state index in [1.807, 2.05) is 0 Å². The molecular formula is C12H23N3OS.